The molecule has 0 bridgehead atoms. The maximum absolute atomic E-state index is 13.2. The van der Waals surface area contributed by atoms with Gasteiger partial charge in [0.15, 0.2) is 5.13 Å². The van der Waals surface area contributed by atoms with E-state index in [-0.39, 0.29) is 11.4 Å². The number of hydrogen-bond donors (Lipinski definition) is 1. The van der Waals surface area contributed by atoms with Crippen LogP contribution in [0.15, 0.2) is 65.7 Å². The minimum atomic E-state index is -3.89. The number of amides is 1. The van der Waals surface area contributed by atoms with Crippen LogP contribution >= 0.6 is 11.3 Å². The molecule has 9 heteroatoms. The number of aromatic nitrogens is 1. The topological polar surface area (TPSA) is 79.4 Å². The first-order valence-electron chi connectivity index (χ1n) is 9.50. The van der Waals surface area contributed by atoms with Crippen LogP contribution in [0.4, 0.5) is 9.52 Å². The molecule has 1 saturated heterocycles. The van der Waals surface area contributed by atoms with Gasteiger partial charge in [-0.3, -0.25) is 4.79 Å². The molecule has 1 atom stereocenters. The predicted molar refractivity (Wildman–Crippen MR) is 113 cm³/mol. The quantitative estimate of drug-likeness (QED) is 0.628. The zero-order valence-electron chi connectivity index (χ0n) is 16.0. The Morgan fingerprint density at radius 2 is 1.90 bits per heavy atom. The van der Waals surface area contributed by atoms with Gasteiger partial charge in [0.05, 0.1) is 4.90 Å². The van der Waals surface area contributed by atoms with E-state index in [9.17, 15) is 17.6 Å². The number of sulfonamides is 1. The highest BCUT2D eigenvalue weighted by molar-refractivity contribution is 7.89. The molecule has 156 valence electrons. The van der Waals surface area contributed by atoms with E-state index in [1.165, 1.54) is 27.8 Å². The lowest BCUT2D eigenvalue weighted by Crippen LogP contribution is -2.43. The molecule has 1 N–H and O–H groups in total. The Morgan fingerprint density at radius 3 is 2.63 bits per heavy atom. The predicted octanol–water partition coefficient (Wildman–Crippen LogP) is 3.66. The lowest BCUT2D eigenvalue weighted by atomic mass is 10.1. The highest BCUT2D eigenvalue weighted by atomic mass is 32.2. The van der Waals surface area contributed by atoms with E-state index in [1.54, 1.807) is 6.20 Å². The number of benzene rings is 2. The normalized spacial score (nSPS) is 17.2. The summed E-state index contributed by atoms with van der Waals surface area (Å²) in [6.45, 7) is 0.245. The second-order valence-electron chi connectivity index (χ2n) is 7.01. The van der Waals surface area contributed by atoms with Crippen LogP contribution in [0.5, 0.6) is 0 Å². The average Bonchev–Trinajstić information content (AvgIpc) is 3.39. The largest absolute Gasteiger partial charge is 0.301 e. The molecule has 0 saturated carbocycles. The summed E-state index contributed by atoms with van der Waals surface area (Å²) in [7, 11) is -3.89. The third-order valence-electron chi connectivity index (χ3n) is 4.93. The van der Waals surface area contributed by atoms with Crippen LogP contribution in [0.25, 0.3) is 0 Å². The molecule has 0 radical (unpaired) electrons. The molecule has 1 aliphatic rings. The van der Waals surface area contributed by atoms with Crippen LogP contribution in [0.2, 0.25) is 0 Å². The van der Waals surface area contributed by atoms with Crippen molar-refractivity contribution in [1.82, 2.24) is 9.29 Å². The summed E-state index contributed by atoms with van der Waals surface area (Å²) in [5, 5.41) is 3.20. The van der Waals surface area contributed by atoms with Gasteiger partial charge in [0.1, 0.15) is 11.9 Å². The van der Waals surface area contributed by atoms with Gasteiger partial charge in [-0.05, 0) is 42.7 Å². The number of carbonyl (C=O) groups excluding carboxylic acids is 1. The zero-order valence-corrected chi connectivity index (χ0v) is 17.6. The van der Waals surface area contributed by atoms with E-state index in [2.05, 4.69) is 10.3 Å². The minimum absolute atomic E-state index is 0.0250. The van der Waals surface area contributed by atoms with Gasteiger partial charge < -0.3 is 5.32 Å². The number of carbonyl (C=O) groups is 1. The summed E-state index contributed by atoms with van der Waals surface area (Å²) in [6.07, 6.45) is 3.43. The van der Waals surface area contributed by atoms with Gasteiger partial charge in [-0.15, -0.1) is 11.3 Å². The van der Waals surface area contributed by atoms with Crippen molar-refractivity contribution in [2.24, 2.45) is 0 Å². The summed E-state index contributed by atoms with van der Waals surface area (Å²) in [6, 6.07) is 13.7. The highest BCUT2D eigenvalue weighted by Crippen LogP contribution is 2.28. The van der Waals surface area contributed by atoms with Crippen molar-refractivity contribution in [3.8, 4) is 0 Å². The monoisotopic (exact) mass is 445 g/mol. The summed E-state index contributed by atoms with van der Waals surface area (Å²) < 4.78 is 40.2. The summed E-state index contributed by atoms with van der Waals surface area (Å²) >= 11 is 1.37. The number of hydrogen-bond acceptors (Lipinski definition) is 5. The fourth-order valence-corrected chi connectivity index (χ4v) is 5.97. The molecular weight excluding hydrogens is 425 g/mol. The third-order valence-corrected chi connectivity index (χ3v) is 7.77. The Kier molecular flexibility index (Phi) is 5.94. The first-order valence-corrected chi connectivity index (χ1v) is 11.8. The number of nitrogens with one attached hydrogen (secondary N) is 1. The molecule has 3 aromatic rings. The van der Waals surface area contributed by atoms with Gasteiger partial charge in [0.25, 0.3) is 0 Å². The Hall–Kier alpha value is -2.62. The molecule has 1 fully saturated rings. The molecule has 1 aliphatic heterocycles. The molecule has 4 rings (SSSR count). The molecule has 6 nitrogen and oxygen atoms in total. The van der Waals surface area contributed by atoms with Gasteiger partial charge in [0.2, 0.25) is 15.9 Å². The molecule has 0 aliphatic carbocycles. The minimum Gasteiger partial charge on any atom is -0.301 e. The highest BCUT2D eigenvalue weighted by Gasteiger charge is 2.39. The second-order valence-corrected chi connectivity index (χ2v) is 10.0. The lowest BCUT2D eigenvalue weighted by Gasteiger charge is -2.23. The molecule has 0 spiro atoms. The van der Waals surface area contributed by atoms with Crippen LogP contribution in [0.1, 0.15) is 23.3 Å². The summed E-state index contributed by atoms with van der Waals surface area (Å²) in [5.41, 5.74) is 1.14. The molecule has 1 aromatic heterocycles. The molecule has 2 aromatic carbocycles. The van der Waals surface area contributed by atoms with Gasteiger partial charge in [-0.2, -0.15) is 4.31 Å². The molecule has 0 unspecified atom stereocenters. The number of rotatable bonds is 6. The Labute approximate surface area is 178 Å². The Balaban J connectivity index is 1.46. The van der Waals surface area contributed by atoms with E-state index in [0.717, 1.165) is 22.6 Å². The summed E-state index contributed by atoms with van der Waals surface area (Å²) in [5.74, 6) is -0.918. The Morgan fingerprint density at radius 1 is 1.17 bits per heavy atom. The van der Waals surface area contributed by atoms with Crippen LogP contribution in [0, 0.1) is 5.82 Å². The number of thiazole rings is 1. The van der Waals surface area contributed by atoms with Crippen LogP contribution in [0.3, 0.4) is 0 Å². The van der Waals surface area contributed by atoms with Gasteiger partial charge in [-0.25, -0.2) is 17.8 Å². The van der Waals surface area contributed by atoms with Crippen molar-refractivity contribution in [2.75, 3.05) is 11.9 Å². The SMILES string of the molecule is O=C(Nc1ncc(Cc2ccccc2)s1)[C@H]1CCCN1S(=O)(=O)c1ccc(F)cc1. The average molecular weight is 446 g/mol. The number of halogens is 1. The third kappa shape index (κ3) is 4.43. The molecule has 30 heavy (non-hydrogen) atoms. The smallest absolute Gasteiger partial charge is 0.244 e. The van der Waals surface area contributed by atoms with Crippen molar-refractivity contribution in [2.45, 2.75) is 30.2 Å². The fraction of sp³-hybridized carbons (Fsp3) is 0.238. The van der Waals surface area contributed by atoms with E-state index in [4.69, 9.17) is 0 Å². The van der Waals surface area contributed by atoms with Crippen molar-refractivity contribution in [3.63, 3.8) is 0 Å². The number of nitrogens with zero attached hydrogens (tertiary/aromatic N) is 2. The van der Waals surface area contributed by atoms with Crippen LogP contribution in [-0.2, 0) is 21.2 Å². The zero-order chi connectivity index (χ0) is 21.1. The van der Waals surface area contributed by atoms with Gasteiger partial charge >= 0.3 is 0 Å². The van der Waals surface area contributed by atoms with Crippen LogP contribution in [-0.4, -0.2) is 36.2 Å². The van der Waals surface area contributed by atoms with E-state index >= 15 is 0 Å². The number of anilines is 1. The van der Waals surface area contributed by atoms with Crippen molar-refractivity contribution in [1.29, 1.82) is 0 Å². The Bertz CT molecular complexity index is 1130. The first-order chi connectivity index (χ1) is 14.4. The first kappa shape index (κ1) is 20.6. The fourth-order valence-electron chi connectivity index (χ4n) is 3.46. The molecule has 1 amide bonds. The van der Waals surface area contributed by atoms with Crippen molar-refractivity contribution < 1.29 is 17.6 Å². The van der Waals surface area contributed by atoms with Crippen LogP contribution < -0.4 is 5.32 Å². The van der Waals surface area contributed by atoms with Crippen molar-refractivity contribution in [3.05, 3.63) is 77.1 Å². The van der Waals surface area contributed by atoms with Crippen molar-refractivity contribution >= 4 is 32.4 Å². The standard InChI is InChI=1S/C21H20FN3O3S2/c22-16-8-10-18(11-9-16)30(27,28)25-12-4-7-19(25)20(26)24-21-23-14-17(29-21)13-15-5-2-1-3-6-15/h1-3,5-6,8-11,14,19H,4,7,12-13H2,(H,23,24,26)/t19-/m1/s1. The van der Waals surface area contributed by atoms with Gasteiger partial charge in [-0.1, -0.05) is 30.3 Å². The molecular formula is C21H20FN3O3S2. The maximum atomic E-state index is 13.2. The second kappa shape index (κ2) is 8.63. The molecule has 2 heterocycles. The van der Waals surface area contributed by atoms with E-state index in [0.29, 0.717) is 24.4 Å². The van der Waals surface area contributed by atoms with Gasteiger partial charge in [0, 0.05) is 24.0 Å². The van der Waals surface area contributed by atoms with E-state index in [1.807, 2.05) is 30.3 Å². The maximum Gasteiger partial charge on any atom is 0.244 e. The lowest BCUT2D eigenvalue weighted by molar-refractivity contribution is -0.119. The van der Waals surface area contributed by atoms with E-state index < -0.39 is 27.8 Å². The summed E-state index contributed by atoms with van der Waals surface area (Å²) in [4.78, 5) is 18.0.